The van der Waals surface area contributed by atoms with E-state index in [0.29, 0.717) is 0 Å². The molecule has 2 rings (SSSR count). The van der Waals surface area contributed by atoms with E-state index in [0.717, 1.165) is 25.7 Å². The van der Waals surface area contributed by atoms with E-state index in [1.807, 2.05) is 0 Å². The molecule has 1 aliphatic rings. The average Bonchev–Trinajstić information content (AvgIpc) is 2.59. The Balaban J connectivity index is 1.90. The summed E-state index contributed by atoms with van der Waals surface area (Å²) in [7, 11) is 0. The molecule has 1 aromatic rings. The number of carbonyl (C=O) groups excluding carboxylic acids is 2. The Bertz CT molecular complexity index is 745. The Morgan fingerprint density at radius 3 is 2.41 bits per heavy atom. The number of carbonyl (C=O) groups is 2. The van der Waals surface area contributed by atoms with Crippen LogP contribution in [-0.4, -0.2) is 45.9 Å². The van der Waals surface area contributed by atoms with Crippen LogP contribution in [0.1, 0.15) is 43.1 Å². The molecule has 0 unspecified atom stereocenters. The maximum atomic E-state index is 12.2. The Kier molecular flexibility index (Phi) is 6.75. The fraction of sp³-hybridized carbons (Fsp3) is 0.533. The van der Waals surface area contributed by atoms with Crippen molar-refractivity contribution in [3.8, 4) is 0 Å². The lowest BCUT2D eigenvalue weighted by Crippen LogP contribution is -2.45. The molecule has 27 heavy (non-hydrogen) atoms. The van der Waals surface area contributed by atoms with Crippen LogP contribution in [0.2, 0.25) is 5.15 Å². The van der Waals surface area contributed by atoms with Gasteiger partial charge in [0.2, 0.25) is 5.91 Å². The van der Waals surface area contributed by atoms with Crippen LogP contribution in [0.3, 0.4) is 0 Å². The van der Waals surface area contributed by atoms with Gasteiger partial charge in [0.15, 0.2) is 28.4 Å². The second kappa shape index (κ2) is 8.82. The molecule has 1 aromatic heterocycles. The quantitative estimate of drug-likeness (QED) is 0.277. The highest BCUT2D eigenvalue weighted by Crippen LogP contribution is 2.21. The number of amides is 2. The van der Waals surface area contributed by atoms with Gasteiger partial charge < -0.3 is 28.3 Å². The van der Waals surface area contributed by atoms with Crippen molar-refractivity contribution in [2.45, 2.75) is 50.7 Å². The third-order valence-electron chi connectivity index (χ3n) is 4.14. The molecule has 0 spiro atoms. The molecular formula is C15H24ClN9O2. The van der Waals surface area contributed by atoms with Crippen LogP contribution in [-0.2, 0) is 4.79 Å². The number of hydrogen-bond acceptors (Lipinski definition) is 8. The maximum absolute atomic E-state index is 12.2. The lowest BCUT2D eigenvalue weighted by Gasteiger charge is -2.27. The standard InChI is InChI=1S/C15H24ClN9O2/c1-6(17)13(26)21-7-2-4-8(5-3-7)22-15(20)25-14(27)9-11(18)24-12(19)10(16)23-9/h6-8H,2-5,17H2,1H3,(H,21,26)(H4,18,19,24)(H3,20,22,25,27)/t6-,7?,8?/m1/s1. The van der Waals surface area contributed by atoms with Gasteiger partial charge in [0, 0.05) is 6.04 Å². The Morgan fingerprint density at radius 1 is 1.19 bits per heavy atom. The Labute approximate surface area is 161 Å². The summed E-state index contributed by atoms with van der Waals surface area (Å²) in [5.74, 6) is -1.14. The molecule has 0 radical (unpaired) electrons. The van der Waals surface area contributed by atoms with Crippen LogP contribution in [0, 0.1) is 0 Å². The van der Waals surface area contributed by atoms with Crippen molar-refractivity contribution in [2.75, 3.05) is 11.5 Å². The number of hydrogen-bond donors (Lipinski definition) is 6. The minimum Gasteiger partial charge on any atom is -0.382 e. The topological polar surface area (TPSA) is 200 Å². The second-order valence-electron chi connectivity index (χ2n) is 6.40. The van der Waals surface area contributed by atoms with E-state index >= 15 is 0 Å². The summed E-state index contributed by atoms with van der Waals surface area (Å²) in [6.45, 7) is 1.64. The van der Waals surface area contributed by atoms with Crippen molar-refractivity contribution < 1.29 is 9.59 Å². The molecule has 12 heteroatoms. The molecule has 1 fully saturated rings. The first-order chi connectivity index (χ1) is 12.7. The van der Waals surface area contributed by atoms with Crippen molar-refractivity contribution in [2.24, 2.45) is 16.5 Å². The van der Waals surface area contributed by atoms with E-state index in [-0.39, 0.29) is 46.4 Å². The van der Waals surface area contributed by atoms with Crippen LogP contribution in [0.15, 0.2) is 4.99 Å². The third kappa shape index (κ3) is 5.66. The molecule has 0 saturated heterocycles. The van der Waals surface area contributed by atoms with Gasteiger partial charge in [-0.3, -0.25) is 14.9 Å². The molecule has 148 valence electrons. The van der Waals surface area contributed by atoms with Gasteiger partial charge in [0.1, 0.15) is 0 Å². The number of nitrogen functional groups attached to an aromatic ring is 2. The predicted octanol–water partition coefficient (Wildman–Crippen LogP) is -0.886. The molecule has 0 aliphatic heterocycles. The normalized spacial score (nSPS) is 21.4. The van der Waals surface area contributed by atoms with Crippen molar-refractivity contribution in [3.63, 3.8) is 0 Å². The molecule has 11 nitrogen and oxygen atoms in total. The minimum atomic E-state index is -0.680. The number of rotatable bonds is 4. The van der Waals surface area contributed by atoms with Gasteiger partial charge in [0.25, 0.3) is 5.91 Å². The number of aliphatic imine (C=N–C) groups is 1. The summed E-state index contributed by atoms with van der Waals surface area (Å²) < 4.78 is 0. The Morgan fingerprint density at radius 2 is 1.81 bits per heavy atom. The fourth-order valence-corrected chi connectivity index (χ4v) is 2.82. The van der Waals surface area contributed by atoms with Crippen molar-refractivity contribution in [1.29, 1.82) is 0 Å². The number of anilines is 2. The summed E-state index contributed by atoms with van der Waals surface area (Å²) in [6.07, 6.45) is 2.94. The molecule has 0 aromatic carbocycles. The van der Waals surface area contributed by atoms with Gasteiger partial charge >= 0.3 is 0 Å². The highest BCUT2D eigenvalue weighted by atomic mass is 35.5. The van der Waals surface area contributed by atoms with Crippen LogP contribution < -0.4 is 33.6 Å². The van der Waals surface area contributed by atoms with Gasteiger partial charge in [-0.15, -0.1) is 0 Å². The van der Waals surface area contributed by atoms with E-state index in [1.165, 1.54) is 0 Å². The first kappa shape index (κ1) is 20.6. The van der Waals surface area contributed by atoms with E-state index in [2.05, 4.69) is 25.6 Å². The van der Waals surface area contributed by atoms with E-state index in [1.54, 1.807) is 6.92 Å². The molecule has 1 aliphatic carbocycles. The second-order valence-corrected chi connectivity index (χ2v) is 6.76. The van der Waals surface area contributed by atoms with Gasteiger partial charge in [-0.25, -0.2) is 15.0 Å². The molecular weight excluding hydrogens is 374 g/mol. The first-order valence-electron chi connectivity index (χ1n) is 8.46. The van der Waals surface area contributed by atoms with Crippen molar-refractivity contribution >= 4 is 41.0 Å². The number of nitrogens with zero attached hydrogens (tertiary/aromatic N) is 3. The van der Waals surface area contributed by atoms with Gasteiger partial charge in [0.05, 0.1) is 12.1 Å². The van der Waals surface area contributed by atoms with Gasteiger partial charge in [-0.05, 0) is 32.6 Å². The van der Waals surface area contributed by atoms with Crippen LogP contribution in [0.5, 0.6) is 0 Å². The van der Waals surface area contributed by atoms with Gasteiger partial charge in [-0.1, -0.05) is 11.6 Å². The molecule has 1 atom stereocenters. The number of nitrogens with one attached hydrogen (secondary N) is 2. The summed E-state index contributed by atoms with van der Waals surface area (Å²) in [6, 6.07) is -0.533. The maximum Gasteiger partial charge on any atom is 0.280 e. The predicted molar refractivity (Wildman–Crippen MR) is 103 cm³/mol. The summed E-state index contributed by atoms with van der Waals surface area (Å²) in [5.41, 5.74) is 22.3. The fourth-order valence-electron chi connectivity index (χ4n) is 2.70. The third-order valence-corrected chi connectivity index (χ3v) is 4.42. The number of aromatic nitrogens is 2. The van der Waals surface area contributed by atoms with Crippen LogP contribution in [0.25, 0.3) is 0 Å². The molecule has 1 saturated carbocycles. The smallest absolute Gasteiger partial charge is 0.280 e. The number of nitrogens with two attached hydrogens (primary N) is 4. The zero-order valence-electron chi connectivity index (χ0n) is 14.9. The highest BCUT2D eigenvalue weighted by molar-refractivity contribution is 6.31. The number of halogens is 1. The molecule has 2 amide bonds. The zero-order valence-corrected chi connectivity index (χ0v) is 15.7. The Hall–Kier alpha value is -2.66. The zero-order chi connectivity index (χ0) is 20.1. The molecule has 1 heterocycles. The highest BCUT2D eigenvalue weighted by Gasteiger charge is 2.24. The largest absolute Gasteiger partial charge is 0.382 e. The van der Waals surface area contributed by atoms with Crippen LogP contribution >= 0.6 is 11.6 Å². The van der Waals surface area contributed by atoms with Crippen molar-refractivity contribution in [1.82, 2.24) is 20.6 Å². The lowest BCUT2D eigenvalue weighted by molar-refractivity contribution is -0.122. The number of guanidine groups is 1. The van der Waals surface area contributed by atoms with Crippen LogP contribution in [0.4, 0.5) is 11.6 Å². The van der Waals surface area contributed by atoms with E-state index < -0.39 is 11.9 Å². The SMILES string of the molecule is C[C@@H](N)C(=O)NC1CCC(N=C(N)NC(=O)c2nc(Cl)c(N)nc2N)CC1. The molecule has 0 bridgehead atoms. The summed E-state index contributed by atoms with van der Waals surface area (Å²) in [5, 5.41) is 5.18. The first-order valence-corrected chi connectivity index (χ1v) is 8.84. The summed E-state index contributed by atoms with van der Waals surface area (Å²) >= 11 is 5.76. The summed E-state index contributed by atoms with van der Waals surface area (Å²) in [4.78, 5) is 35.7. The van der Waals surface area contributed by atoms with Crippen molar-refractivity contribution in [3.05, 3.63) is 10.8 Å². The average molecular weight is 398 g/mol. The van der Waals surface area contributed by atoms with E-state index in [9.17, 15) is 9.59 Å². The minimum absolute atomic E-state index is 0.0581. The monoisotopic (exact) mass is 397 g/mol. The molecule has 10 N–H and O–H groups in total. The van der Waals surface area contributed by atoms with Gasteiger partial charge in [-0.2, -0.15) is 0 Å². The van der Waals surface area contributed by atoms with E-state index in [4.69, 9.17) is 34.5 Å². The lowest BCUT2D eigenvalue weighted by atomic mass is 9.91.